The molecule has 0 saturated heterocycles. The highest BCUT2D eigenvalue weighted by Gasteiger charge is 2.26. The summed E-state index contributed by atoms with van der Waals surface area (Å²) in [6, 6.07) is 7.72. The number of benzene rings is 1. The molecule has 0 heterocycles. The van der Waals surface area contributed by atoms with Crippen LogP contribution in [0.3, 0.4) is 0 Å². The average Bonchev–Trinajstić information content (AvgIpc) is 2.76. The summed E-state index contributed by atoms with van der Waals surface area (Å²) in [5, 5.41) is 21.4. The maximum Gasteiger partial charge on any atom is 0.101 e. The zero-order chi connectivity index (χ0) is 12.3. The van der Waals surface area contributed by atoms with Gasteiger partial charge in [0.05, 0.1) is 11.3 Å². The number of nitrogens with two attached hydrogens (primary N) is 1. The van der Waals surface area contributed by atoms with Crippen LogP contribution in [-0.4, -0.2) is 17.8 Å². The third kappa shape index (κ3) is 2.51. The fraction of sp³-hybridized carbons (Fsp3) is 0.462. The predicted molar refractivity (Wildman–Crippen MR) is 67.4 cm³/mol. The van der Waals surface area contributed by atoms with Gasteiger partial charge in [-0.2, -0.15) is 5.26 Å². The van der Waals surface area contributed by atoms with Crippen LogP contribution in [-0.2, 0) is 0 Å². The monoisotopic (exact) mass is 231 g/mol. The van der Waals surface area contributed by atoms with E-state index >= 15 is 0 Å². The second kappa shape index (κ2) is 5.07. The van der Waals surface area contributed by atoms with Gasteiger partial charge in [-0.05, 0) is 31.0 Å². The summed E-state index contributed by atoms with van der Waals surface area (Å²) >= 11 is 0. The van der Waals surface area contributed by atoms with E-state index in [9.17, 15) is 5.11 Å². The molecule has 4 nitrogen and oxygen atoms in total. The standard InChI is InChI=1S/C13H17N3O/c14-7-9-4-5-11(6-12(9)15)16-13-3-1-2-10(13)8-17/h4-6,10,13,16-17H,1-3,8,15H2. The minimum Gasteiger partial charge on any atom is -0.398 e. The number of nitrogen functional groups attached to an aromatic ring is 1. The van der Waals surface area contributed by atoms with Crippen LogP contribution >= 0.6 is 0 Å². The van der Waals surface area contributed by atoms with Gasteiger partial charge < -0.3 is 16.2 Å². The number of rotatable bonds is 3. The number of aliphatic hydroxyl groups is 1. The summed E-state index contributed by atoms with van der Waals surface area (Å²) in [4.78, 5) is 0. The Morgan fingerprint density at radius 2 is 2.29 bits per heavy atom. The van der Waals surface area contributed by atoms with Crippen molar-refractivity contribution in [2.24, 2.45) is 5.92 Å². The molecular formula is C13H17N3O. The van der Waals surface area contributed by atoms with Gasteiger partial charge in [0.25, 0.3) is 0 Å². The van der Waals surface area contributed by atoms with Crippen molar-refractivity contribution in [3.05, 3.63) is 23.8 Å². The van der Waals surface area contributed by atoms with E-state index in [0.717, 1.165) is 24.9 Å². The molecule has 0 spiro atoms. The van der Waals surface area contributed by atoms with Gasteiger partial charge in [-0.15, -0.1) is 0 Å². The summed E-state index contributed by atoms with van der Waals surface area (Å²) in [6.45, 7) is 0.226. The molecular weight excluding hydrogens is 214 g/mol. The lowest BCUT2D eigenvalue weighted by Gasteiger charge is -2.20. The quantitative estimate of drug-likeness (QED) is 0.692. The highest BCUT2D eigenvalue weighted by atomic mass is 16.3. The first-order valence-electron chi connectivity index (χ1n) is 5.91. The van der Waals surface area contributed by atoms with Gasteiger partial charge >= 0.3 is 0 Å². The summed E-state index contributed by atoms with van der Waals surface area (Å²) in [5.74, 6) is 0.326. The third-order valence-corrected chi connectivity index (χ3v) is 3.42. The first-order chi connectivity index (χ1) is 8.24. The summed E-state index contributed by atoms with van der Waals surface area (Å²) in [5.41, 5.74) is 7.68. The molecule has 4 heteroatoms. The van der Waals surface area contributed by atoms with E-state index in [4.69, 9.17) is 11.0 Å². The molecule has 0 amide bonds. The van der Waals surface area contributed by atoms with E-state index in [1.165, 1.54) is 0 Å². The van der Waals surface area contributed by atoms with Crippen molar-refractivity contribution in [3.63, 3.8) is 0 Å². The van der Waals surface area contributed by atoms with Crippen LogP contribution in [0.4, 0.5) is 11.4 Å². The second-order valence-corrected chi connectivity index (χ2v) is 4.54. The van der Waals surface area contributed by atoms with Crippen molar-refractivity contribution in [1.29, 1.82) is 5.26 Å². The van der Waals surface area contributed by atoms with E-state index < -0.39 is 0 Å². The molecule has 2 unspecified atom stereocenters. The lowest BCUT2D eigenvalue weighted by Crippen LogP contribution is -2.26. The van der Waals surface area contributed by atoms with E-state index in [-0.39, 0.29) is 6.61 Å². The Kier molecular flexibility index (Phi) is 3.50. The molecule has 1 aliphatic rings. The highest BCUT2D eigenvalue weighted by molar-refractivity contribution is 5.62. The molecule has 2 atom stereocenters. The van der Waals surface area contributed by atoms with E-state index in [0.29, 0.717) is 23.2 Å². The van der Waals surface area contributed by atoms with Gasteiger partial charge in [-0.3, -0.25) is 0 Å². The molecule has 17 heavy (non-hydrogen) atoms. The van der Waals surface area contributed by atoms with Crippen molar-refractivity contribution in [3.8, 4) is 6.07 Å². The number of hydrogen-bond acceptors (Lipinski definition) is 4. The fourth-order valence-corrected chi connectivity index (χ4v) is 2.41. The smallest absolute Gasteiger partial charge is 0.101 e. The first-order valence-corrected chi connectivity index (χ1v) is 5.91. The zero-order valence-electron chi connectivity index (χ0n) is 9.69. The molecule has 0 bridgehead atoms. The number of nitriles is 1. The van der Waals surface area contributed by atoms with Crippen LogP contribution in [0.2, 0.25) is 0 Å². The Labute approximate surface area is 101 Å². The largest absolute Gasteiger partial charge is 0.398 e. The molecule has 0 aromatic heterocycles. The Balaban J connectivity index is 2.09. The van der Waals surface area contributed by atoms with Crippen LogP contribution < -0.4 is 11.1 Å². The van der Waals surface area contributed by atoms with Gasteiger partial charge in [0, 0.05) is 24.3 Å². The van der Waals surface area contributed by atoms with Gasteiger partial charge in [-0.1, -0.05) is 6.42 Å². The van der Waals surface area contributed by atoms with Crippen LogP contribution in [0.5, 0.6) is 0 Å². The van der Waals surface area contributed by atoms with Crippen LogP contribution in [0, 0.1) is 17.2 Å². The maximum absolute atomic E-state index is 9.24. The molecule has 0 aliphatic heterocycles. The van der Waals surface area contributed by atoms with Crippen molar-refractivity contribution in [2.75, 3.05) is 17.7 Å². The molecule has 1 fully saturated rings. The minimum absolute atomic E-state index is 0.226. The molecule has 1 aromatic rings. The second-order valence-electron chi connectivity index (χ2n) is 4.54. The number of anilines is 2. The molecule has 2 rings (SSSR count). The van der Waals surface area contributed by atoms with Crippen LogP contribution in [0.15, 0.2) is 18.2 Å². The number of nitrogens with one attached hydrogen (secondary N) is 1. The van der Waals surface area contributed by atoms with Crippen molar-refractivity contribution < 1.29 is 5.11 Å². The predicted octanol–water partition coefficient (Wildman–Crippen LogP) is 1.71. The SMILES string of the molecule is N#Cc1ccc(NC2CCCC2CO)cc1N. The van der Waals surface area contributed by atoms with Gasteiger partial charge in [0.2, 0.25) is 0 Å². The van der Waals surface area contributed by atoms with Gasteiger partial charge in [-0.25, -0.2) is 0 Å². The first kappa shape index (κ1) is 11.7. The number of nitrogens with zero attached hydrogens (tertiary/aromatic N) is 1. The third-order valence-electron chi connectivity index (χ3n) is 3.42. The number of hydrogen-bond donors (Lipinski definition) is 3. The Morgan fingerprint density at radius 3 is 2.94 bits per heavy atom. The Morgan fingerprint density at radius 1 is 1.47 bits per heavy atom. The molecule has 90 valence electrons. The van der Waals surface area contributed by atoms with E-state index in [1.807, 2.05) is 12.1 Å². The highest BCUT2D eigenvalue weighted by Crippen LogP contribution is 2.29. The van der Waals surface area contributed by atoms with Crippen molar-refractivity contribution in [2.45, 2.75) is 25.3 Å². The Hall–Kier alpha value is -1.73. The fourth-order valence-electron chi connectivity index (χ4n) is 2.41. The average molecular weight is 231 g/mol. The summed E-state index contributed by atoms with van der Waals surface area (Å²) in [6.07, 6.45) is 3.29. The van der Waals surface area contributed by atoms with Crippen LogP contribution in [0.25, 0.3) is 0 Å². The van der Waals surface area contributed by atoms with Crippen molar-refractivity contribution >= 4 is 11.4 Å². The molecule has 4 N–H and O–H groups in total. The minimum atomic E-state index is 0.226. The molecule has 1 saturated carbocycles. The van der Waals surface area contributed by atoms with Crippen LogP contribution in [0.1, 0.15) is 24.8 Å². The molecule has 0 radical (unpaired) electrons. The normalized spacial score (nSPS) is 23.3. The van der Waals surface area contributed by atoms with E-state index in [2.05, 4.69) is 5.32 Å². The molecule has 1 aliphatic carbocycles. The lowest BCUT2D eigenvalue weighted by molar-refractivity contribution is 0.222. The number of aliphatic hydroxyl groups excluding tert-OH is 1. The summed E-state index contributed by atoms with van der Waals surface area (Å²) in [7, 11) is 0. The van der Waals surface area contributed by atoms with Crippen molar-refractivity contribution in [1.82, 2.24) is 0 Å². The van der Waals surface area contributed by atoms with Gasteiger partial charge in [0.1, 0.15) is 6.07 Å². The Bertz CT molecular complexity index is 439. The van der Waals surface area contributed by atoms with Gasteiger partial charge in [0.15, 0.2) is 0 Å². The zero-order valence-corrected chi connectivity index (χ0v) is 9.69. The lowest BCUT2D eigenvalue weighted by atomic mass is 10.0. The topological polar surface area (TPSA) is 82.1 Å². The maximum atomic E-state index is 9.24. The van der Waals surface area contributed by atoms with E-state index in [1.54, 1.807) is 12.1 Å². The summed E-state index contributed by atoms with van der Waals surface area (Å²) < 4.78 is 0. The molecule has 1 aromatic carbocycles.